The minimum absolute atomic E-state index is 0.0187. The fraction of sp³-hybridized carbons (Fsp3) is 0.750. The second-order valence-electron chi connectivity index (χ2n) is 6.42. The molecule has 2 aliphatic rings. The molecule has 0 spiro atoms. The van der Waals surface area contributed by atoms with Gasteiger partial charge in [-0.3, -0.25) is 14.8 Å². The Morgan fingerprint density at radius 2 is 2.14 bits per heavy atom. The van der Waals surface area contributed by atoms with Crippen LogP contribution >= 0.6 is 0 Å². The van der Waals surface area contributed by atoms with Crippen molar-refractivity contribution in [3.8, 4) is 0 Å². The van der Waals surface area contributed by atoms with Crippen molar-refractivity contribution in [3.05, 3.63) is 17.5 Å². The Labute approximate surface area is 131 Å². The fourth-order valence-corrected chi connectivity index (χ4v) is 3.63. The first-order chi connectivity index (χ1) is 10.7. The van der Waals surface area contributed by atoms with Gasteiger partial charge < -0.3 is 10.0 Å². The first-order valence-corrected chi connectivity index (χ1v) is 8.44. The number of piperazine rings is 1. The molecule has 1 aliphatic carbocycles. The summed E-state index contributed by atoms with van der Waals surface area (Å²) in [4.78, 5) is 16.7. The number of nitrogens with zero attached hydrogens (tertiary/aromatic N) is 3. The van der Waals surface area contributed by atoms with Crippen LogP contribution in [-0.2, 0) is 6.42 Å². The van der Waals surface area contributed by atoms with Gasteiger partial charge in [-0.15, -0.1) is 0 Å². The number of carbonyl (C=O) groups excluding carboxylic acids is 1. The Hall–Kier alpha value is -1.40. The number of nitrogens with one attached hydrogen (secondary N) is 1. The van der Waals surface area contributed by atoms with Crippen LogP contribution in [0.1, 0.15) is 48.8 Å². The molecule has 122 valence electrons. The van der Waals surface area contributed by atoms with Gasteiger partial charge in [0.15, 0.2) is 0 Å². The molecule has 0 radical (unpaired) electrons. The zero-order chi connectivity index (χ0) is 15.5. The van der Waals surface area contributed by atoms with E-state index in [4.69, 9.17) is 0 Å². The zero-order valence-corrected chi connectivity index (χ0v) is 13.3. The molecule has 1 amide bonds. The summed E-state index contributed by atoms with van der Waals surface area (Å²) in [6, 6.07) is 2.16. The zero-order valence-electron chi connectivity index (χ0n) is 13.3. The second-order valence-corrected chi connectivity index (χ2v) is 6.42. The van der Waals surface area contributed by atoms with E-state index in [1.807, 2.05) is 11.0 Å². The molecule has 0 unspecified atom stereocenters. The molecule has 1 aromatic heterocycles. The summed E-state index contributed by atoms with van der Waals surface area (Å²) in [6.45, 7) is 5.24. The third-order valence-corrected chi connectivity index (χ3v) is 4.88. The van der Waals surface area contributed by atoms with Crippen LogP contribution in [-0.4, -0.2) is 69.3 Å². The molecule has 3 rings (SSSR count). The highest BCUT2D eigenvalue weighted by molar-refractivity contribution is 5.92. The average molecular weight is 306 g/mol. The van der Waals surface area contributed by atoms with E-state index in [1.165, 1.54) is 0 Å². The minimum Gasteiger partial charge on any atom is -0.391 e. The molecule has 1 saturated carbocycles. The van der Waals surface area contributed by atoms with E-state index < -0.39 is 0 Å². The summed E-state index contributed by atoms with van der Waals surface area (Å²) in [7, 11) is 0. The molecule has 1 aromatic rings. The van der Waals surface area contributed by atoms with Crippen LogP contribution in [0.4, 0.5) is 0 Å². The highest BCUT2D eigenvalue weighted by Gasteiger charge is 2.33. The first kappa shape index (κ1) is 15.5. The molecule has 6 nitrogen and oxygen atoms in total. The van der Waals surface area contributed by atoms with Gasteiger partial charge in [0, 0.05) is 37.9 Å². The minimum atomic E-state index is -0.190. The molecule has 1 saturated heterocycles. The summed E-state index contributed by atoms with van der Waals surface area (Å²) < 4.78 is 0. The first-order valence-electron chi connectivity index (χ1n) is 8.44. The lowest BCUT2D eigenvalue weighted by Crippen LogP contribution is -2.53. The van der Waals surface area contributed by atoms with Gasteiger partial charge >= 0.3 is 0 Å². The van der Waals surface area contributed by atoms with E-state index in [9.17, 15) is 9.90 Å². The largest absolute Gasteiger partial charge is 0.391 e. The number of aliphatic hydroxyl groups excluding tert-OH is 1. The topological polar surface area (TPSA) is 72.5 Å². The number of aromatic amines is 1. The molecule has 0 aromatic carbocycles. The second kappa shape index (κ2) is 6.79. The van der Waals surface area contributed by atoms with Gasteiger partial charge in [-0.1, -0.05) is 13.3 Å². The molecular weight excluding hydrogens is 280 g/mol. The van der Waals surface area contributed by atoms with Crippen LogP contribution in [0.3, 0.4) is 0 Å². The van der Waals surface area contributed by atoms with Crippen molar-refractivity contribution >= 4 is 5.91 Å². The number of aliphatic hydroxyl groups is 1. The molecule has 0 bridgehead atoms. The van der Waals surface area contributed by atoms with Crippen LogP contribution in [0.25, 0.3) is 0 Å². The normalized spacial score (nSPS) is 26.5. The Morgan fingerprint density at radius 3 is 2.77 bits per heavy atom. The Kier molecular flexibility index (Phi) is 4.78. The van der Waals surface area contributed by atoms with Crippen molar-refractivity contribution in [3.63, 3.8) is 0 Å². The smallest absolute Gasteiger partial charge is 0.274 e. The molecule has 1 aliphatic heterocycles. The van der Waals surface area contributed by atoms with Gasteiger partial charge in [0.05, 0.1) is 6.10 Å². The van der Waals surface area contributed by atoms with Crippen molar-refractivity contribution < 1.29 is 9.90 Å². The van der Waals surface area contributed by atoms with Gasteiger partial charge in [-0.2, -0.15) is 5.10 Å². The van der Waals surface area contributed by atoms with Gasteiger partial charge in [-0.05, 0) is 31.7 Å². The van der Waals surface area contributed by atoms with E-state index in [0.29, 0.717) is 11.7 Å². The number of hydrogen-bond acceptors (Lipinski definition) is 4. The van der Waals surface area contributed by atoms with E-state index in [0.717, 1.165) is 64.0 Å². The van der Waals surface area contributed by atoms with Gasteiger partial charge in [0.1, 0.15) is 5.69 Å². The predicted molar refractivity (Wildman–Crippen MR) is 83.7 cm³/mol. The number of aryl methyl sites for hydroxylation is 1. The lowest BCUT2D eigenvalue weighted by Gasteiger charge is -2.38. The van der Waals surface area contributed by atoms with Crippen LogP contribution < -0.4 is 0 Å². The van der Waals surface area contributed by atoms with Gasteiger partial charge in [-0.25, -0.2) is 0 Å². The molecule has 2 atom stereocenters. The van der Waals surface area contributed by atoms with Crippen molar-refractivity contribution in [2.24, 2.45) is 0 Å². The van der Waals surface area contributed by atoms with Crippen LogP contribution in [0, 0.1) is 0 Å². The van der Waals surface area contributed by atoms with E-state index in [2.05, 4.69) is 22.0 Å². The maximum Gasteiger partial charge on any atom is 0.274 e. The van der Waals surface area contributed by atoms with Crippen molar-refractivity contribution in [2.45, 2.75) is 51.2 Å². The number of amides is 1. The van der Waals surface area contributed by atoms with E-state index >= 15 is 0 Å². The summed E-state index contributed by atoms with van der Waals surface area (Å²) in [5, 5.41) is 17.1. The van der Waals surface area contributed by atoms with E-state index in [1.54, 1.807) is 0 Å². The third kappa shape index (κ3) is 3.17. The molecule has 2 N–H and O–H groups in total. The number of carbonyl (C=O) groups is 1. The SMILES string of the molecule is CCCc1cc(C(=O)N2CCN([C@H]3CCC[C@H]3O)CC2)n[nH]1. The van der Waals surface area contributed by atoms with Crippen molar-refractivity contribution in [2.75, 3.05) is 26.2 Å². The molecule has 6 heteroatoms. The molecule has 22 heavy (non-hydrogen) atoms. The van der Waals surface area contributed by atoms with Crippen LogP contribution in [0.2, 0.25) is 0 Å². The Bertz CT molecular complexity index is 508. The van der Waals surface area contributed by atoms with Crippen molar-refractivity contribution in [1.29, 1.82) is 0 Å². The molecule has 2 fully saturated rings. The Morgan fingerprint density at radius 1 is 1.36 bits per heavy atom. The number of rotatable bonds is 4. The Balaban J connectivity index is 1.55. The maximum absolute atomic E-state index is 12.5. The maximum atomic E-state index is 12.5. The standard InChI is InChI=1S/C16H26N4O2/c1-2-4-12-11-13(18-17-12)16(22)20-9-7-19(8-10-20)14-5-3-6-15(14)21/h11,14-15,21H,2-10H2,1H3,(H,17,18)/t14-,15+/m0/s1. The number of H-pyrrole nitrogens is 1. The van der Waals surface area contributed by atoms with E-state index in [-0.39, 0.29) is 12.0 Å². The van der Waals surface area contributed by atoms with Crippen LogP contribution in [0.15, 0.2) is 6.07 Å². The summed E-state index contributed by atoms with van der Waals surface area (Å²) in [5.74, 6) is 0.0187. The summed E-state index contributed by atoms with van der Waals surface area (Å²) >= 11 is 0. The predicted octanol–water partition coefficient (Wildman–Crippen LogP) is 1.03. The summed E-state index contributed by atoms with van der Waals surface area (Å²) in [6.07, 6.45) is 4.88. The lowest BCUT2D eigenvalue weighted by atomic mass is 10.1. The van der Waals surface area contributed by atoms with Crippen LogP contribution in [0.5, 0.6) is 0 Å². The average Bonchev–Trinajstić information content (AvgIpc) is 3.16. The molecule has 2 heterocycles. The highest BCUT2D eigenvalue weighted by Crippen LogP contribution is 2.25. The summed E-state index contributed by atoms with van der Waals surface area (Å²) in [5.41, 5.74) is 1.55. The van der Waals surface area contributed by atoms with Gasteiger partial charge in [0.2, 0.25) is 0 Å². The highest BCUT2D eigenvalue weighted by atomic mass is 16.3. The van der Waals surface area contributed by atoms with Gasteiger partial charge in [0.25, 0.3) is 5.91 Å². The quantitative estimate of drug-likeness (QED) is 0.871. The number of aromatic nitrogens is 2. The van der Waals surface area contributed by atoms with Crippen molar-refractivity contribution in [1.82, 2.24) is 20.0 Å². The fourth-order valence-electron chi connectivity index (χ4n) is 3.63. The molecular formula is C16H26N4O2. The lowest BCUT2D eigenvalue weighted by molar-refractivity contribution is 0.0313. The third-order valence-electron chi connectivity index (χ3n) is 4.88. The number of hydrogen-bond donors (Lipinski definition) is 2. The monoisotopic (exact) mass is 306 g/mol.